The van der Waals surface area contributed by atoms with Crippen molar-refractivity contribution in [1.29, 1.82) is 0 Å². The zero-order valence-electron chi connectivity index (χ0n) is 22.4. The van der Waals surface area contributed by atoms with Gasteiger partial charge in [-0.1, -0.05) is 60.7 Å². The van der Waals surface area contributed by atoms with Gasteiger partial charge in [-0.15, -0.1) is 22.7 Å². The Bertz CT molecular complexity index is 1880. The minimum Gasteiger partial charge on any atom is -0.463 e. The maximum absolute atomic E-state index is 5.67. The number of thiophene rings is 2. The second-order valence-electron chi connectivity index (χ2n) is 9.90. The van der Waals surface area contributed by atoms with E-state index in [4.69, 9.17) is 8.83 Å². The molecule has 0 unspecified atom stereocenters. The predicted molar refractivity (Wildman–Crippen MR) is 177 cm³/mol. The summed E-state index contributed by atoms with van der Waals surface area (Å²) >= 11 is 3.45. The normalized spacial score (nSPS) is 11.3. The van der Waals surface area contributed by atoms with Crippen LogP contribution in [0.25, 0.3) is 31.7 Å². The van der Waals surface area contributed by atoms with Gasteiger partial charge in [-0.05, 0) is 71.8 Å². The van der Waals surface area contributed by atoms with Crippen molar-refractivity contribution in [3.8, 4) is 11.1 Å². The fourth-order valence-electron chi connectivity index (χ4n) is 5.29. The summed E-state index contributed by atoms with van der Waals surface area (Å²) in [6.45, 7) is 0. The van der Waals surface area contributed by atoms with Gasteiger partial charge in [0.05, 0.1) is 21.9 Å². The molecule has 0 aliphatic heterocycles. The Balaban J connectivity index is 1.12. The molecule has 0 aliphatic carbocycles. The van der Waals surface area contributed by atoms with E-state index in [0.717, 1.165) is 64.4 Å². The van der Waals surface area contributed by atoms with Crippen molar-refractivity contribution in [2.24, 2.45) is 0 Å². The number of nitrogens with zero attached hydrogens (tertiary/aromatic N) is 2. The summed E-state index contributed by atoms with van der Waals surface area (Å²) in [7, 11) is 0. The number of furan rings is 2. The molecule has 0 atom stereocenters. The van der Waals surface area contributed by atoms with Crippen LogP contribution in [0.5, 0.6) is 0 Å². The smallest absolute Gasteiger partial charge is 0.146 e. The third kappa shape index (κ3) is 4.47. The first-order chi connectivity index (χ1) is 20.8. The Kier molecular flexibility index (Phi) is 6.13. The highest BCUT2D eigenvalue weighted by molar-refractivity contribution is 7.23. The maximum Gasteiger partial charge on any atom is 0.146 e. The van der Waals surface area contributed by atoms with Crippen molar-refractivity contribution in [1.82, 2.24) is 0 Å². The van der Waals surface area contributed by atoms with Crippen LogP contribution < -0.4 is 9.80 Å². The van der Waals surface area contributed by atoms with Crippen LogP contribution >= 0.6 is 22.7 Å². The Hall–Kier alpha value is -5.04. The third-order valence-corrected chi connectivity index (χ3v) is 9.44. The quantitative estimate of drug-likeness (QED) is 0.188. The summed E-state index contributed by atoms with van der Waals surface area (Å²) in [5.74, 6) is 0. The Morgan fingerprint density at radius 1 is 0.405 bits per heavy atom. The van der Waals surface area contributed by atoms with E-state index >= 15 is 0 Å². The fraction of sp³-hybridized carbons (Fsp3) is 0. The maximum atomic E-state index is 5.67. The van der Waals surface area contributed by atoms with E-state index in [0.29, 0.717) is 0 Å². The summed E-state index contributed by atoms with van der Waals surface area (Å²) in [6.07, 6.45) is 3.49. The Labute approximate surface area is 250 Å². The molecule has 0 fully saturated rings. The van der Waals surface area contributed by atoms with Crippen molar-refractivity contribution >= 4 is 76.0 Å². The molecule has 4 nitrogen and oxygen atoms in total. The second kappa shape index (κ2) is 10.4. The number of hydrogen-bond acceptors (Lipinski definition) is 6. The molecule has 6 heteroatoms. The zero-order chi connectivity index (χ0) is 27.9. The lowest BCUT2D eigenvalue weighted by Gasteiger charge is -2.24. The number of rotatable bonds is 7. The molecule has 0 saturated carbocycles. The van der Waals surface area contributed by atoms with Gasteiger partial charge in [0.15, 0.2) is 0 Å². The first kappa shape index (κ1) is 24.7. The Morgan fingerprint density at radius 2 is 0.786 bits per heavy atom. The molecule has 0 radical (unpaired) electrons. The third-order valence-electron chi connectivity index (χ3n) is 7.31. The van der Waals surface area contributed by atoms with E-state index in [1.165, 1.54) is 0 Å². The lowest BCUT2D eigenvalue weighted by atomic mass is 10.0. The number of benzene rings is 4. The van der Waals surface area contributed by atoms with Crippen LogP contribution in [-0.2, 0) is 0 Å². The standard InChI is InChI=1S/C36H24N2O2S2/c1-3-7-27(8-4-1)37(35-23-31-33(41-35)19-21-39-31)29-15-11-25(12-16-29)26-13-17-30(18-14-26)38(28-9-5-2-6-10-28)36-24-32-34(42-36)20-22-40-32/h1-24H. The molecule has 0 amide bonds. The Morgan fingerprint density at radius 3 is 1.17 bits per heavy atom. The summed E-state index contributed by atoms with van der Waals surface area (Å²) in [6, 6.07) is 46.7. The van der Waals surface area contributed by atoms with E-state index < -0.39 is 0 Å². The van der Waals surface area contributed by atoms with Gasteiger partial charge < -0.3 is 18.6 Å². The molecular formula is C36H24N2O2S2. The van der Waals surface area contributed by atoms with E-state index in [1.807, 2.05) is 24.3 Å². The second-order valence-corrected chi connectivity index (χ2v) is 12.0. The first-order valence-electron chi connectivity index (χ1n) is 13.7. The average molecular weight is 581 g/mol. The van der Waals surface area contributed by atoms with Gasteiger partial charge in [0, 0.05) is 34.9 Å². The van der Waals surface area contributed by atoms with Crippen LogP contribution in [-0.4, -0.2) is 0 Å². The van der Waals surface area contributed by atoms with E-state index in [-0.39, 0.29) is 0 Å². The highest BCUT2D eigenvalue weighted by atomic mass is 32.1. The van der Waals surface area contributed by atoms with Crippen molar-refractivity contribution in [3.05, 3.63) is 146 Å². The molecule has 202 valence electrons. The van der Waals surface area contributed by atoms with Crippen LogP contribution in [0.4, 0.5) is 32.8 Å². The monoisotopic (exact) mass is 580 g/mol. The van der Waals surface area contributed by atoms with Gasteiger partial charge in [-0.3, -0.25) is 0 Å². The number of para-hydroxylation sites is 2. The highest BCUT2D eigenvalue weighted by Gasteiger charge is 2.18. The van der Waals surface area contributed by atoms with Gasteiger partial charge in [-0.25, -0.2) is 0 Å². The first-order valence-corrected chi connectivity index (χ1v) is 15.3. The van der Waals surface area contributed by atoms with E-state index in [9.17, 15) is 0 Å². The molecule has 42 heavy (non-hydrogen) atoms. The minimum atomic E-state index is 0.911. The topological polar surface area (TPSA) is 32.8 Å². The lowest BCUT2D eigenvalue weighted by Crippen LogP contribution is -2.08. The number of anilines is 6. The van der Waals surface area contributed by atoms with Crippen LogP contribution in [0.2, 0.25) is 0 Å². The lowest BCUT2D eigenvalue weighted by molar-refractivity contribution is 0.616. The number of hydrogen-bond donors (Lipinski definition) is 0. The molecule has 0 aliphatic rings. The van der Waals surface area contributed by atoms with Crippen LogP contribution in [0.15, 0.2) is 155 Å². The van der Waals surface area contributed by atoms with Gasteiger partial charge in [0.1, 0.15) is 21.2 Å². The molecule has 4 aromatic carbocycles. The van der Waals surface area contributed by atoms with Crippen LogP contribution in [0.3, 0.4) is 0 Å². The van der Waals surface area contributed by atoms with Gasteiger partial charge >= 0.3 is 0 Å². The molecule has 4 aromatic heterocycles. The summed E-state index contributed by atoms with van der Waals surface area (Å²) in [5.41, 5.74) is 8.57. The summed E-state index contributed by atoms with van der Waals surface area (Å²) in [5, 5.41) is 2.24. The molecule has 4 heterocycles. The zero-order valence-corrected chi connectivity index (χ0v) is 24.0. The highest BCUT2D eigenvalue weighted by Crippen LogP contribution is 2.44. The minimum absolute atomic E-state index is 0.911. The predicted octanol–water partition coefficient (Wildman–Crippen LogP) is 11.9. The van der Waals surface area contributed by atoms with Crippen molar-refractivity contribution in [3.63, 3.8) is 0 Å². The molecule has 0 spiro atoms. The van der Waals surface area contributed by atoms with E-state index in [1.54, 1.807) is 35.2 Å². The van der Waals surface area contributed by atoms with Gasteiger partial charge in [0.2, 0.25) is 0 Å². The largest absolute Gasteiger partial charge is 0.463 e. The molecule has 0 bridgehead atoms. The summed E-state index contributed by atoms with van der Waals surface area (Å²) < 4.78 is 13.6. The molecule has 0 N–H and O–H groups in total. The number of fused-ring (bicyclic) bond motifs is 2. The molecular weight excluding hydrogens is 557 g/mol. The van der Waals surface area contributed by atoms with Gasteiger partial charge in [0.25, 0.3) is 0 Å². The molecule has 8 aromatic rings. The van der Waals surface area contributed by atoms with Crippen molar-refractivity contribution < 1.29 is 8.83 Å². The molecule has 0 saturated heterocycles. The van der Waals surface area contributed by atoms with Gasteiger partial charge in [-0.2, -0.15) is 0 Å². The van der Waals surface area contributed by atoms with Crippen molar-refractivity contribution in [2.45, 2.75) is 0 Å². The summed E-state index contributed by atoms with van der Waals surface area (Å²) in [4.78, 5) is 4.56. The fourth-order valence-corrected chi connectivity index (χ4v) is 7.34. The van der Waals surface area contributed by atoms with Crippen LogP contribution in [0.1, 0.15) is 0 Å². The molecule has 8 rings (SSSR count). The van der Waals surface area contributed by atoms with E-state index in [2.05, 4.69) is 119 Å². The van der Waals surface area contributed by atoms with Crippen LogP contribution in [0, 0.1) is 0 Å². The van der Waals surface area contributed by atoms with Crippen molar-refractivity contribution in [2.75, 3.05) is 9.80 Å². The average Bonchev–Trinajstić information content (AvgIpc) is 3.82. The SMILES string of the molecule is c1ccc(N(c2ccc(-c3ccc(N(c4ccccc4)c4cc5occc5s4)cc3)cc2)c2cc3occc3s2)cc1.